The third-order valence-corrected chi connectivity index (χ3v) is 6.68. The molecule has 2 aliphatic rings. The van der Waals surface area contributed by atoms with Crippen molar-refractivity contribution < 1.29 is 14.6 Å². The quantitative estimate of drug-likeness (QED) is 0.682. The van der Waals surface area contributed by atoms with Gasteiger partial charge in [0.05, 0.1) is 11.9 Å². The summed E-state index contributed by atoms with van der Waals surface area (Å²) in [4.78, 5) is 14.4. The molecule has 0 aliphatic heterocycles. The molecule has 2 bridgehead atoms. The molecule has 3 atom stereocenters. The van der Waals surface area contributed by atoms with E-state index in [4.69, 9.17) is 4.74 Å². The molecule has 2 aliphatic carbocycles. The average Bonchev–Trinajstić information content (AvgIpc) is 2.48. The Morgan fingerprint density at radius 1 is 1.23 bits per heavy atom. The molecule has 1 amide bonds. The second kappa shape index (κ2) is 7.53. The molecule has 2 saturated carbocycles. The highest BCUT2D eigenvalue weighted by Gasteiger charge is 2.48. The Labute approximate surface area is 160 Å². The normalized spacial score (nSPS) is 30.0. The third kappa shape index (κ3) is 4.44. The monoisotopic (exact) mass is 365 g/mol. The Kier molecular flexibility index (Phi) is 6.16. The maximum Gasteiger partial charge on any atom is 0.415 e. The fraction of sp³-hybridized carbons (Fsp3) is 0.864. The van der Waals surface area contributed by atoms with E-state index in [2.05, 4.69) is 13.8 Å². The highest BCUT2D eigenvalue weighted by molar-refractivity contribution is 5.69. The van der Waals surface area contributed by atoms with E-state index >= 15 is 0 Å². The summed E-state index contributed by atoms with van der Waals surface area (Å²) in [5, 5.41) is 10.8. The first-order chi connectivity index (χ1) is 11.8. The van der Waals surface area contributed by atoms with Gasteiger partial charge in [-0.3, -0.25) is 0 Å². The van der Waals surface area contributed by atoms with Crippen LogP contribution in [0.3, 0.4) is 0 Å². The molecule has 2 fully saturated rings. The Hall–Kier alpha value is -1.03. The number of ether oxygens (including phenoxy) is 1. The molecular weight excluding hydrogens is 326 g/mol. The highest BCUT2D eigenvalue weighted by Crippen LogP contribution is 2.55. The van der Waals surface area contributed by atoms with Gasteiger partial charge in [0.25, 0.3) is 0 Å². The van der Waals surface area contributed by atoms with E-state index < -0.39 is 5.60 Å². The molecule has 150 valence electrons. The summed E-state index contributed by atoms with van der Waals surface area (Å²) in [7, 11) is 0. The lowest BCUT2D eigenvalue weighted by atomic mass is 9.54. The smallest absolute Gasteiger partial charge is 0.415 e. The summed E-state index contributed by atoms with van der Waals surface area (Å²) in [6.45, 7) is 16.5. The number of fused-ring (bicyclic) bond motifs is 2. The molecule has 0 aromatic rings. The molecule has 0 aromatic carbocycles. The van der Waals surface area contributed by atoms with Crippen LogP contribution < -0.4 is 0 Å². The van der Waals surface area contributed by atoms with Crippen LogP contribution in [0.25, 0.3) is 0 Å². The highest BCUT2D eigenvalue weighted by atomic mass is 16.5. The average molecular weight is 366 g/mol. The van der Waals surface area contributed by atoms with Crippen molar-refractivity contribution in [1.82, 2.24) is 4.90 Å². The number of carbonyl (C=O) groups excluding carboxylic acids is 1. The van der Waals surface area contributed by atoms with Crippen LogP contribution in [0.2, 0.25) is 0 Å². The summed E-state index contributed by atoms with van der Waals surface area (Å²) < 4.78 is 5.65. The standard InChI is InChI=1S/C22H39NO3/c1-14(2)23(15(3)4)20(24)26-13-18-16-9-10-21(5,6)17(11-16)12-19(18)22(7,8)25/h13-17,19,25H,9-12H2,1-8H3/b18-13-/t16-,17-,19+/m1/s1. The van der Waals surface area contributed by atoms with E-state index in [1.54, 1.807) is 11.2 Å². The number of amides is 1. The Morgan fingerprint density at radius 2 is 1.81 bits per heavy atom. The lowest BCUT2D eigenvalue weighted by molar-refractivity contribution is -0.0295. The van der Waals surface area contributed by atoms with Crippen molar-refractivity contribution >= 4 is 6.09 Å². The van der Waals surface area contributed by atoms with E-state index in [9.17, 15) is 9.90 Å². The van der Waals surface area contributed by atoms with Gasteiger partial charge in [0.2, 0.25) is 0 Å². The van der Waals surface area contributed by atoms with Crippen LogP contribution in [0.1, 0.15) is 81.1 Å². The van der Waals surface area contributed by atoms with E-state index in [1.807, 2.05) is 41.5 Å². The number of nitrogens with zero attached hydrogens (tertiary/aromatic N) is 1. The fourth-order valence-corrected chi connectivity index (χ4v) is 5.03. The van der Waals surface area contributed by atoms with Crippen LogP contribution >= 0.6 is 0 Å². The first kappa shape index (κ1) is 21.3. The molecule has 0 heterocycles. The van der Waals surface area contributed by atoms with E-state index in [-0.39, 0.29) is 24.1 Å². The van der Waals surface area contributed by atoms with Gasteiger partial charge in [0.15, 0.2) is 0 Å². The molecule has 0 radical (unpaired) electrons. The minimum absolute atomic E-state index is 0.0465. The second-order valence-electron chi connectivity index (χ2n) is 10.2. The van der Waals surface area contributed by atoms with Crippen LogP contribution in [0, 0.1) is 23.2 Å². The van der Waals surface area contributed by atoms with Crippen molar-refractivity contribution in [3.05, 3.63) is 11.8 Å². The third-order valence-electron chi connectivity index (χ3n) is 6.68. The molecule has 0 unspecified atom stereocenters. The minimum atomic E-state index is -0.807. The van der Waals surface area contributed by atoms with E-state index in [0.29, 0.717) is 17.3 Å². The second-order valence-corrected chi connectivity index (χ2v) is 10.2. The van der Waals surface area contributed by atoms with Crippen molar-refractivity contribution in [2.24, 2.45) is 23.2 Å². The van der Waals surface area contributed by atoms with Gasteiger partial charge in [0, 0.05) is 18.0 Å². The van der Waals surface area contributed by atoms with Crippen LogP contribution in [0.4, 0.5) is 4.79 Å². The number of hydrogen-bond donors (Lipinski definition) is 1. The van der Waals surface area contributed by atoms with Gasteiger partial charge < -0.3 is 14.7 Å². The summed E-state index contributed by atoms with van der Waals surface area (Å²) >= 11 is 0. The zero-order valence-corrected chi connectivity index (χ0v) is 18.0. The van der Waals surface area contributed by atoms with Gasteiger partial charge in [-0.15, -0.1) is 0 Å². The number of aliphatic hydroxyl groups is 1. The van der Waals surface area contributed by atoms with E-state index in [1.165, 1.54) is 6.42 Å². The molecular formula is C22H39NO3. The predicted octanol–water partition coefficient (Wildman–Crippen LogP) is 5.36. The van der Waals surface area contributed by atoms with Crippen LogP contribution in [-0.4, -0.2) is 33.8 Å². The van der Waals surface area contributed by atoms with Crippen LogP contribution in [-0.2, 0) is 4.74 Å². The molecule has 26 heavy (non-hydrogen) atoms. The minimum Gasteiger partial charge on any atom is -0.418 e. The van der Waals surface area contributed by atoms with Crippen molar-refractivity contribution in [3.8, 4) is 0 Å². The van der Waals surface area contributed by atoms with Gasteiger partial charge in [-0.1, -0.05) is 13.8 Å². The van der Waals surface area contributed by atoms with Gasteiger partial charge in [-0.05, 0) is 90.0 Å². The molecule has 2 rings (SSSR count). The summed E-state index contributed by atoms with van der Waals surface area (Å²) in [5.74, 6) is 1.08. The molecule has 0 spiro atoms. The zero-order valence-electron chi connectivity index (χ0n) is 18.0. The SMILES string of the molecule is CC(C)N(C(=O)O/C=C1/[C@@H]2CCC(C)(C)[C@H](C2)C[C@@H]1C(C)(C)O)C(C)C. The largest absolute Gasteiger partial charge is 0.418 e. The van der Waals surface area contributed by atoms with Crippen LogP contribution in [0.5, 0.6) is 0 Å². The summed E-state index contributed by atoms with van der Waals surface area (Å²) in [5.41, 5.74) is 0.650. The molecule has 1 N–H and O–H groups in total. The summed E-state index contributed by atoms with van der Waals surface area (Å²) in [6.07, 6.45) is 5.79. The van der Waals surface area contributed by atoms with E-state index in [0.717, 1.165) is 24.8 Å². The van der Waals surface area contributed by atoms with Crippen LogP contribution in [0.15, 0.2) is 11.8 Å². The molecule has 0 aromatic heterocycles. The fourth-order valence-electron chi connectivity index (χ4n) is 5.03. The zero-order chi connectivity index (χ0) is 19.9. The maximum atomic E-state index is 12.6. The van der Waals surface area contributed by atoms with Crippen molar-refractivity contribution in [2.75, 3.05) is 0 Å². The van der Waals surface area contributed by atoms with Gasteiger partial charge in [0.1, 0.15) is 0 Å². The Morgan fingerprint density at radius 3 is 2.31 bits per heavy atom. The molecule has 4 nitrogen and oxygen atoms in total. The molecule has 4 heteroatoms. The topological polar surface area (TPSA) is 49.8 Å². The molecule has 0 saturated heterocycles. The summed E-state index contributed by atoms with van der Waals surface area (Å²) in [6, 6.07) is 0.189. The Bertz CT molecular complexity index is 534. The van der Waals surface area contributed by atoms with Gasteiger partial charge in [-0.25, -0.2) is 4.79 Å². The lowest BCUT2D eigenvalue weighted by Gasteiger charge is -2.51. The maximum absolute atomic E-state index is 12.6. The first-order valence-electron chi connectivity index (χ1n) is 10.3. The van der Waals surface area contributed by atoms with Crippen molar-refractivity contribution in [2.45, 2.75) is 98.8 Å². The lowest BCUT2D eigenvalue weighted by Crippen LogP contribution is -2.46. The number of rotatable bonds is 4. The number of carbonyl (C=O) groups is 1. The van der Waals surface area contributed by atoms with Gasteiger partial charge >= 0.3 is 6.09 Å². The van der Waals surface area contributed by atoms with Gasteiger partial charge in [-0.2, -0.15) is 0 Å². The first-order valence-corrected chi connectivity index (χ1v) is 10.3. The van der Waals surface area contributed by atoms with Crippen molar-refractivity contribution in [1.29, 1.82) is 0 Å². The predicted molar refractivity (Wildman–Crippen MR) is 106 cm³/mol. The number of hydrogen-bond acceptors (Lipinski definition) is 3. The Balaban J connectivity index is 2.24. The van der Waals surface area contributed by atoms with Crippen molar-refractivity contribution in [3.63, 3.8) is 0 Å².